The van der Waals surface area contributed by atoms with Crippen molar-refractivity contribution in [3.63, 3.8) is 0 Å². The second kappa shape index (κ2) is 5.52. The number of nitrogens with one attached hydrogen (secondary N) is 1. The normalized spacial score (nSPS) is 11.3. The Morgan fingerprint density at radius 1 is 1.10 bits per heavy atom. The summed E-state index contributed by atoms with van der Waals surface area (Å²) >= 11 is 11.9. The fourth-order valence-corrected chi connectivity index (χ4v) is 3.58. The molecule has 0 aliphatic heterocycles. The minimum Gasteiger partial charge on any atom is -0.399 e. The van der Waals surface area contributed by atoms with Gasteiger partial charge in [-0.1, -0.05) is 35.3 Å². The highest BCUT2D eigenvalue weighted by Crippen LogP contribution is 2.34. The fourth-order valence-electron chi connectivity index (χ4n) is 1.67. The molecule has 0 fully saturated rings. The van der Waals surface area contributed by atoms with Crippen LogP contribution in [0.2, 0.25) is 10.0 Å². The summed E-state index contributed by atoms with van der Waals surface area (Å²) in [5, 5.41) is 0.289. The molecule has 0 aliphatic rings. The van der Waals surface area contributed by atoms with Gasteiger partial charge < -0.3 is 5.73 Å². The highest BCUT2D eigenvalue weighted by Gasteiger charge is 2.18. The molecule has 106 valence electrons. The molecule has 3 N–H and O–H groups in total. The average molecular weight is 331 g/mol. The molecule has 0 spiro atoms. The van der Waals surface area contributed by atoms with Gasteiger partial charge in [0.2, 0.25) is 0 Å². The molecule has 0 saturated carbocycles. The van der Waals surface area contributed by atoms with Crippen LogP contribution in [-0.2, 0) is 10.0 Å². The van der Waals surface area contributed by atoms with Crippen molar-refractivity contribution in [1.82, 2.24) is 0 Å². The van der Waals surface area contributed by atoms with E-state index < -0.39 is 10.0 Å². The second-order valence-corrected chi connectivity index (χ2v) is 6.78. The molecule has 7 heteroatoms. The lowest BCUT2D eigenvalue weighted by Crippen LogP contribution is -2.14. The molecule has 0 aliphatic carbocycles. The Kier molecular flexibility index (Phi) is 4.13. The Bertz CT molecular complexity index is 738. The van der Waals surface area contributed by atoms with Crippen molar-refractivity contribution in [2.24, 2.45) is 0 Å². The van der Waals surface area contributed by atoms with E-state index in [0.29, 0.717) is 5.69 Å². The van der Waals surface area contributed by atoms with Gasteiger partial charge in [-0.15, -0.1) is 0 Å². The molecule has 2 aromatic rings. The molecule has 20 heavy (non-hydrogen) atoms. The summed E-state index contributed by atoms with van der Waals surface area (Å²) in [6.07, 6.45) is 0. The van der Waals surface area contributed by atoms with Crippen LogP contribution < -0.4 is 10.5 Å². The van der Waals surface area contributed by atoms with Crippen molar-refractivity contribution in [3.8, 4) is 0 Å². The zero-order valence-electron chi connectivity index (χ0n) is 10.5. The van der Waals surface area contributed by atoms with Crippen molar-refractivity contribution < 1.29 is 8.42 Å². The molecule has 0 amide bonds. The fraction of sp³-hybridized carbons (Fsp3) is 0.0769. The van der Waals surface area contributed by atoms with E-state index in [1.165, 1.54) is 18.2 Å². The third-order valence-corrected chi connectivity index (χ3v) is 4.54. The van der Waals surface area contributed by atoms with E-state index in [9.17, 15) is 8.42 Å². The first-order valence-electron chi connectivity index (χ1n) is 5.63. The van der Waals surface area contributed by atoms with Gasteiger partial charge in [0.1, 0.15) is 0 Å². The summed E-state index contributed by atoms with van der Waals surface area (Å²) < 4.78 is 26.9. The third kappa shape index (κ3) is 3.17. The van der Waals surface area contributed by atoms with Gasteiger partial charge in [0.25, 0.3) is 10.0 Å². The standard InChI is InChI=1S/C13H12Cl2N2O2S/c1-8-3-2-4-10(5-8)20(18,19)17-13-11(14)6-9(16)7-12(13)15/h2-7,17H,16H2,1H3. The van der Waals surface area contributed by atoms with Gasteiger partial charge in [0.05, 0.1) is 20.6 Å². The number of aryl methyl sites for hydroxylation is 1. The number of rotatable bonds is 3. The van der Waals surface area contributed by atoms with Crippen molar-refractivity contribution >= 4 is 44.6 Å². The van der Waals surface area contributed by atoms with Crippen LogP contribution in [0.15, 0.2) is 41.3 Å². The number of anilines is 2. The van der Waals surface area contributed by atoms with Crippen LogP contribution in [-0.4, -0.2) is 8.42 Å². The van der Waals surface area contributed by atoms with Crippen LogP contribution in [0.5, 0.6) is 0 Å². The first-order chi connectivity index (χ1) is 9.29. The van der Waals surface area contributed by atoms with E-state index >= 15 is 0 Å². The maximum atomic E-state index is 12.3. The van der Waals surface area contributed by atoms with E-state index in [1.807, 2.05) is 13.0 Å². The van der Waals surface area contributed by atoms with Gasteiger partial charge >= 0.3 is 0 Å². The van der Waals surface area contributed by atoms with Crippen LogP contribution in [0.3, 0.4) is 0 Å². The maximum absolute atomic E-state index is 12.3. The maximum Gasteiger partial charge on any atom is 0.261 e. The molecule has 0 radical (unpaired) electrons. The van der Waals surface area contributed by atoms with Crippen LogP contribution in [0.1, 0.15) is 5.56 Å². The van der Waals surface area contributed by atoms with Crippen molar-refractivity contribution in [1.29, 1.82) is 0 Å². The topological polar surface area (TPSA) is 72.2 Å². The summed E-state index contributed by atoms with van der Waals surface area (Å²) in [5.41, 5.74) is 6.89. The lowest BCUT2D eigenvalue weighted by Gasteiger charge is -2.12. The highest BCUT2D eigenvalue weighted by atomic mass is 35.5. The largest absolute Gasteiger partial charge is 0.399 e. The molecule has 0 atom stereocenters. The number of nitrogen functional groups attached to an aromatic ring is 1. The number of nitrogens with two attached hydrogens (primary N) is 1. The van der Waals surface area contributed by atoms with Gasteiger partial charge in [-0.25, -0.2) is 8.42 Å². The van der Waals surface area contributed by atoms with Gasteiger partial charge in [-0.3, -0.25) is 4.72 Å². The van der Waals surface area contributed by atoms with Crippen molar-refractivity contribution in [2.75, 3.05) is 10.5 Å². The van der Waals surface area contributed by atoms with Crippen LogP contribution in [0.25, 0.3) is 0 Å². The Morgan fingerprint density at radius 2 is 1.70 bits per heavy atom. The lowest BCUT2D eigenvalue weighted by atomic mass is 10.2. The number of hydrogen-bond acceptors (Lipinski definition) is 3. The molecule has 4 nitrogen and oxygen atoms in total. The Morgan fingerprint density at radius 3 is 2.25 bits per heavy atom. The number of sulfonamides is 1. The lowest BCUT2D eigenvalue weighted by molar-refractivity contribution is 0.601. The highest BCUT2D eigenvalue weighted by molar-refractivity contribution is 7.92. The Labute approximate surface area is 127 Å². The van der Waals surface area contributed by atoms with E-state index in [4.69, 9.17) is 28.9 Å². The molecular formula is C13H12Cl2N2O2S. The van der Waals surface area contributed by atoms with Crippen LogP contribution >= 0.6 is 23.2 Å². The zero-order valence-corrected chi connectivity index (χ0v) is 12.9. The van der Waals surface area contributed by atoms with Crippen molar-refractivity contribution in [3.05, 3.63) is 52.0 Å². The molecule has 0 saturated heterocycles. The average Bonchev–Trinajstić information content (AvgIpc) is 2.34. The van der Waals surface area contributed by atoms with E-state index in [1.54, 1.807) is 12.1 Å². The predicted octanol–water partition coefficient (Wildman–Crippen LogP) is 3.68. The van der Waals surface area contributed by atoms with Gasteiger partial charge in [0, 0.05) is 5.69 Å². The van der Waals surface area contributed by atoms with Gasteiger partial charge in [-0.05, 0) is 36.8 Å². The summed E-state index contributed by atoms with van der Waals surface area (Å²) in [7, 11) is -3.75. The number of halogens is 2. The molecular weight excluding hydrogens is 319 g/mol. The van der Waals surface area contributed by atoms with Crippen molar-refractivity contribution in [2.45, 2.75) is 11.8 Å². The minimum atomic E-state index is -3.75. The van der Waals surface area contributed by atoms with E-state index in [-0.39, 0.29) is 20.6 Å². The van der Waals surface area contributed by atoms with Gasteiger partial charge in [0.15, 0.2) is 0 Å². The SMILES string of the molecule is Cc1cccc(S(=O)(=O)Nc2c(Cl)cc(N)cc2Cl)c1. The molecule has 0 heterocycles. The molecule has 0 bridgehead atoms. The van der Waals surface area contributed by atoms with E-state index in [2.05, 4.69) is 4.72 Å². The van der Waals surface area contributed by atoms with Crippen LogP contribution in [0, 0.1) is 6.92 Å². The summed E-state index contributed by atoms with van der Waals surface area (Å²) in [5.74, 6) is 0. The molecule has 2 aromatic carbocycles. The summed E-state index contributed by atoms with van der Waals surface area (Å²) in [6, 6.07) is 9.39. The first-order valence-corrected chi connectivity index (χ1v) is 7.87. The van der Waals surface area contributed by atoms with Crippen LogP contribution in [0.4, 0.5) is 11.4 Å². The summed E-state index contributed by atoms with van der Waals surface area (Å²) in [6.45, 7) is 1.81. The number of benzene rings is 2. The predicted molar refractivity (Wildman–Crippen MR) is 82.9 cm³/mol. The first kappa shape index (κ1) is 15.0. The Hall–Kier alpha value is -1.43. The second-order valence-electron chi connectivity index (χ2n) is 4.28. The molecule has 0 unspecified atom stereocenters. The zero-order chi connectivity index (χ0) is 14.9. The number of hydrogen-bond donors (Lipinski definition) is 2. The van der Waals surface area contributed by atoms with Gasteiger partial charge in [-0.2, -0.15) is 0 Å². The summed E-state index contributed by atoms with van der Waals surface area (Å²) in [4.78, 5) is 0.140. The molecule has 2 rings (SSSR count). The molecule has 0 aromatic heterocycles. The minimum absolute atomic E-state index is 0.115. The quantitative estimate of drug-likeness (QED) is 0.843. The smallest absolute Gasteiger partial charge is 0.261 e. The third-order valence-electron chi connectivity index (χ3n) is 2.60. The van der Waals surface area contributed by atoms with E-state index in [0.717, 1.165) is 5.56 Å². The Balaban J connectivity index is 2.44. The monoisotopic (exact) mass is 330 g/mol.